The van der Waals surface area contributed by atoms with E-state index in [1.807, 2.05) is 17.8 Å². The van der Waals surface area contributed by atoms with Gasteiger partial charge in [0.05, 0.1) is 18.2 Å². The summed E-state index contributed by atoms with van der Waals surface area (Å²) in [5.41, 5.74) is 1.93. The molecule has 0 radical (unpaired) electrons. The number of ether oxygens (including phenoxy) is 1. The number of hydrogen-bond acceptors (Lipinski definition) is 3. The maximum Gasteiger partial charge on any atom is 0.143 e. The predicted octanol–water partition coefficient (Wildman–Crippen LogP) is 4.75. The Balaban J connectivity index is 1.78. The smallest absolute Gasteiger partial charge is 0.143 e. The molecule has 1 N–H and O–H groups in total. The lowest BCUT2D eigenvalue weighted by Crippen LogP contribution is -2.11. The number of aliphatic hydroxyl groups is 1. The minimum absolute atomic E-state index is 0.147. The Kier molecular flexibility index (Phi) is 4.65. The van der Waals surface area contributed by atoms with Gasteiger partial charge in [0.1, 0.15) is 5.75 Å². The van der Waals surface area contributed by atoms with Crippen molar-refractivity contribution >= 4 is 35.0 Å². The molecule has 0 aromatic heterocycles. The largest absolute Gasteiger partial charge is 0.491 e. The molecule has 21 heavy (non-hydrogen) atoms. The van der Waals surface area contributed by atoms with Gasteiger partial charge in [0.15, 0.2) is 0 Å². The van der Waals surface area contributed by atoms with Crippen molar-refractivity contribution in [2.75, 3.05) is 12.4 Å². The van der Waals surface area contributed by atoms with Crippen molar-refractivity contribution in [1.82, 2.24) is 0 Å². The second-order valence-electron chi connectivity index (χ2n) is 4.89. The van der Waals surface area contributed by atoms with Gasteiger partial charge in [-0.3, -0.25) is 0 Å². The number of fused-ring (bicyclic) bond motifs is 1. The van der Waals surface area contributed by atoms with Crippen LogP contribution in [0, 0.1) is 0 Å². The Morgan fingerprint density at radius 3 is 2.86 bits per heavy atom. The molecule has 2 aromatic carbocycles. The number of rotatable bonds is 4. The summed E-state index contributed by atoms with van der Waals surface area (Å²) in [6.07, 6.45) is 0. The first kappa shape index (κ1) is 15.0. The maximum absolute atomic E-state index is 9.42. The molecule has 5 heteroatoms. The van der Waals surface area contributed by atoms with Gasteiger partial charge < -0.3 is 9.84 Å². The summed E-state index contributed by atoms with van der Waals surface area (Å²) in [5.74, 6) is 1.86. The van der Waals surface area contributed by atoms with Crippen LogP contribution in [0.25, 0.3) is 0 Å². The number of thioether (sulfide) groups is 1. The van der Waals surface area contributed by atoms with Crippen LogP contribution in [0.2, 0.25) is 10.0 Å². The summed E-state index contributed by atoms with van der Waals surface area (Å²) >= 11 is 14.0. The van der Waals surface area contributed by atoms with E-state index in [9.17, 15) is 5.11 Å². The van der Waals surface area contributed by atoms with Crippen molar-refractivity contribution in [1.29, 1.82) is 0 Å². The average molecular weight is 341 g/mol. The topological polar surface area (TPSA) is 29.5 Å². The molecule has 110 valence electrons. The molecule has 0 saturated heterocycles. The van der Waals surface area contributed by atoms with E-state index in [2.05, 4.69) is 18.2 Å². The Hall–Kier alpha value is -0.870. The minimum Gasteiger partial charge on any atom is -0.491 e. The van der Waals surface area contributed by atoms with E-state index in [0.717, 1.165) is 5.75 Å². The van der Waals surface area contributed by atoms with Crippen molar-refractivity contribution in [2.24, 2.45) is 0 Å². The SMILES string of the molecule is OCc1cc(Cl)cc(Cl)c1OCC1CSc2ccccc21. The van der Waals surface area contributed by atoms with Crippen LogP contribution < -0.4 is 4.74 Å². The zero-order valence-corrected chi connectivity index (χ0v) is 13.5. The number of hydrogen-bond donors (Lipinski definition) is 1. The van der Waals surface area contributed by atoms with E-state index in [0.29, 0.717) is 33.9 Å². The molecule has 1 aliphatic heterocycles. The fourth-order valence-electron chi connectivity index (χ4n) is 2.44. The van der Waals surface area contributed by atoms with Gasteiger partial charge in [0, 0.05) is 27.2 Å². The molecule has 0 spiro atoms. The van der Waals surface area contributed by atoms with Crippen molar-refractivity contribution in [3.05, 3.63) is 57.6 Å². The van der Waals surface area contributed by atoms with Gasteiger partial charge in [-0.1, -0.05) is 41.4 Å². The third-order valence-corrected chi connectivity index (χ3v) is 5.23. The van der Waals surface area contributed by atoms with Crippen LogP contribution in [0.1, 0.15) is 17.0 Å². The predicted molar refractivity (Wildman–Crippen MR) is 87.8 cm³/mol. The average Bonchev–Trinajstić information content (AvgIpc) is 2.89. The highest BCUT2D eigenvalue weighted by atomic mass is 35.5. The van der Waals surface area contributed by atoms with Crippen LogP contribution >= 0.6 is 35.0 Å². The molecule has 1 aliphatic rings. The molecule has 2 aromatic rings. The first-order chi connectivity index (χ1) is 10.2. The van der Waals surface area contributed by atoms with E-state index in [1.54, 1.807) is 12.1 Å². The fraction of sp³-hybridized carbons (Fsp3) is 0.250. The van der Waals surface area contributed by atoms with E-state index in [-0.39, 0.29) is 6.61 Å². The Morgan fingerprint density at radius 2 is 2.05 bits per heavy atom. The summed E-state index contributed by atoms with van der Waals surface area (Å²) < 4.78 is 5.89. The fourth-order valence-corrected chi connectivity index (χ4v) is 4.27. The van der Waals surface area contributed by atoms with Gasteiger partial charge in [-0.25, -0.2) is 0 Å². The maximum atomic E-state index is 9.42. The summed E-state index contributed by atoms with van der Waals surface area (Å²) in [4.78, 5) is 1.32. The van der Waals surface area contributed by atoms with E-state index >= 15 is 0 Å². The molecule has 2 nitrogen and oxygen atoms in total. The third kappa shape index (κ3) is 3.16. The zero-order valence-electron chi connectivity index (χ0n) is 11.2. The van der Waals surface area contributed by atoms with Crippen LogP contribution in [-0.2, 0) is 6.61 Å². The zero-order chi connectivity index (χ0) is 14.8. The van der Waals surface area contributed by atoms with Gasteiger partial charge >= 0.3 is 0 Å². The highest BCUT2D eigenvalue weighted by Crippen LogP contribution is 2.40. The summed E-state index contributed by atoms with van der Waals surface area (Å²) in [6, 6.07) is 11.7. The third-order valence-electron chi connectivity index (χ3n) is 3.48. The number of benzene rings is 2. The lowest BCUT2D eigenvalue weighted by Gasteiger charge is -2.16. The van der Waals surface area contributed by atoms with Gasteiger partial charge in [-0.2, -0.15) is 0 Å². The van der Waals surface area contributed by atoms with E-state index in [4.69, 9.17) is 27.9 Å². The first-order valence-corrected chi connectivity index (χ1v) is 8.36. The van der Waals surface area contributed by atoms with Crippen LogP contribution in [0.3, 0.4) is 0 Å². The van der Waals surface area contributed by atoms with Crippen LogP contribution in [0.15, 0.2) is 41.3 Å². The molecule has 1 heterocycles. The van der Waals surface area contributed by atoms with Crippen molar-refractivity contribution in [2.45, 2.75) is 17.4 Å². The monoisotopic (exact) mass is 340 g/mol. The summed E-state index contributed by atoms with van der Waals surface area (Å²) in [5, 5.41) is 10.3. The molecule has 0 amide bonds. The molecular formula is C16H14Cl2O2S. The van der Waals surface area contributed by atoms with Gasteiger partial charge in [0.25, 0.3) is 0 Å². The lowest BCUT2D eigenvalue weighted by atomic mass is 10.0. The highest BCUT2D eigenvalue weighted by molar-refractivity contribution is 7.99. The molecular weight excluding hydrogens is 327 g/mol. The Bertz CT molecular complexity index is 661. The minimum atomic E-state index is -0.147. The van der Waals surface area contributed by atoms with Crippen molar-refractivity contribution < 1.29 is 9.84 Å². The second kappa shape index (κ2) is 6.49. The van der Waals surface area contributed by atoms with Gasteiger partial charge in [0.2, 0.25) is 0 Å². The molecule has 0 bridgehead atoms. The molecule has 0 saturated carbocycles. The van der Waals surface area contributed by atoms with Gasteiger partial charge in [-0.05, 0) is 23.8 Å². The Labute approximate surface area is 138 Å². The van der Waals surface area contributed by atoms with Crippen LogP contribution in [0.5, 0.6) is 5.75 Å². The number of halogens is 2. The molecule has 1 atom stereocenters. The molecule has 0 fully saturated rings. The lowest BCUT2D eigenvalue weighted by molar-refractivity contribution is 0.257. The van der Waals surface area contributed by atoms with Crippen molar-refractivity contribution in [3.8, 4) is 5.75 Å². The molecule has 0 aliphatic carbocycles. The second-order valence-corrected chi connectivity index (χ2v) is 6.80. The number of aliphatic hydroxyl groups excluding tert-OH is 1. The van der Waals surface area contributed by atoms with Crippen molar-refractivity contribution in [3.63, 3.8) is 0 Å². The molecule has 1 unspecified atom stereocenters. The van der Waals surface area contributed by atoms with Crippen LogP contribution in [0.4, 0.5) is 0 Å². The summed E-state index contributed by atoms with van der Waals surface area (Å²) in [6.45, 7) is 0.393. The van der Waals surface area contributed by atoms with E-state index in [1.165, 1.54) is 10.5 Å². The van der Waals surface area contributed by atoms with E-state index < -0.39 is 0 Å². The standard InChI is InChI=1S/C16H14Cl2O2S/c17-12-5-10(7-19)16(14(18)6-12)20-8-11-9-21-15-4-2-1-3-13(11)15/h1-6,11,19H,7-9H2. The summed E-state index contributed by atoms with van der Waals surface area (Å²) in [7, 11) is 0. The van der Waals surface area contributed by atoms with Gasteiger partial charge in [-0.15, -0.1) is 11.8 Å². The Morgan fingerprint density at radius 1 is 1.24 bits per heavy atom. The molecule has 3 rings (SSSR count). The van der Waals surface area contributed by atoms with Crippen LogP contribution in [-0.4, -0.2) is 17.5 Å². The quantitative estimate of drug-likeness (QED) is 0.870. The normalized spacial score (nSPS) is 16.8. The first-order valence-electron chi connectivity index (χ1n) is 6.62. The highest BCUT2D eigenvalue weighted by Gasteiger charge is 2.24.